The predicted octanol–water partition coefficient (Wildman–Crippen LogP) is 2.57. The summed E-state index contributed by atoms with van der Waals surface area (Å²) < 4.78 is 36.7. The van der Waals surface area contributed by atoms with Gasteiger partial charge in [-0.1, -0.05) is 17.7 Å². The van der Waals surface area contributed by atoms with Crippen molar-refractivity contribution in [3.8, 4) is 0 Å². The molecule has 0 saturated heterocycles. The smallest absolute Gasteiger partial charge is 0.382 e. The van der Waals surface area contributed by atoms with Crippen LogP contribution in [0.4, 0.5) is 13.2 Å². The maximum Gasteiger partial charge on any atom is 0.416 e. The van der Waals surface area contributed by atoms with Crippen LogP contribution in [0.3, 0.4) is 0 Å². The average molecular weight is 254 g/mol. The van der Waals surface area contributed by atoms with Crippen LogP contribution in [0.15, 0.2) is 18.2 Å². The summed E-state index contributed by atoms with van der Waals surface area (Å²) in [5.74, 6) is 0. The van der Waals surface area contributed by atoms with Gasteiger partial charge in [-0.25, -0.2) is 0 Å². The third-order valence-corrected chi connectivity index (χ3v) is 2.50. The molecule has 0 aliphatic heterocycles. The van der Waals surface area contributed by atoms with E-state index < -0.39 is 18.3 Å². The van der Waals surface area contributed by atoms with E-state index in [1.165, 1.54) is 18.2 Å². The first-order valence-corrected chi connectivity index (χ1v) is 4.87. The summed E-state index contributed by atoms with van der Waals surface area (Å²) >= 11 is 5.67. The van der Waals surface area contributed by atoms with Crippen molar-refractivity contribution in [2.24, 2.45) is 5.73 Å². The number of benzene rings is 1. The summed E-state index contributed by atoms with van der Waals surface area (Å²) in [6.45, 7) is 1.59. The third-order valence-electron chi connectivity index (χ3n) is 2.27. The largest absolute Gasteiger partial charge is 0.416 e. The van der Waals surface area contributed by atoms with Crippen LogP contribution < -0.4 is 5.73 Å². The summed E-state index contributed by atoms with van der Waals surface area (Å²) in [4.78, 5) is 0. The van der Waals surface area contributed by atoms with Crippen molar-refractivity contribution in [3.63, 3.8) is 0 Å². The number of alkyl halides is 3. The first-order chi connectivity index (χ1) is 7.23. The number of aliphatic hydroxyl groups excluding tert-OH is 1. The minimum Gasteiger partial charge on any atom is -0.382 e. The molecule has 3 N–H and O–H groups in total. The topological polar surface area (TPSA) is 46.2 Å². The molecule has 2 nitrogen and oxygen atoms in total. The van der Waals surface area contributed by atoms with Crippen molar-refractivity contribution < 1.29 is 18.3 Å². The second-order valence-corrected chi connectivity index (χ2v) is 3.95. The molecule has 0 fully saturated rings. The van der Waals surface area contributed by atoms with Gasteiger partial charge >= 0.3 is 6.18 Å². The van der Waals surface area contributed by atoms with Gasteiger partial charge in [0.1, 0.15) is 0 Å². The number of rotatable bonds is 2. The van der Waals surface area contributed by atoms with Crippen molar-refractivity contribution in [2.45, 2.75) is 25.2 Å². The van der Waals surface area contributed by atoms with Gasteiger partial charge in [-0.3, -0.25) is 0 Å². The molecule has 2 atom stereocenters. The second kappa shape index (κ2) is 4.61. The monoisotopic (exact) mass is 253 g/mol. The Morgan fingerprint density at radius 3 is 2.38 bits per heavy atom. The fourth-order valence-electron chi connectivity index (χ4n) is 1.39. The number of halogens is 4. The molecular formula is C10H11ClF3NO. The van der Waals surface area contributed by atoms with Gasteiger partial charge < -0.3 is 10.8 Å². The van der Waals surface area contributed by atoms with Crippen LogP contribution >= 0.6 is 11.6 Å². The van der Waals surface area contributed by atoms with Gasteiger partial charge in [0.05, 0.1) is 6.04 Å². The highest BCUT2D eigenvalue weighted by molar-refractivity contribution is 6.30. The molecule has 0 saturated carbocycles. The lowest BCUT2D eigenvalue weighted by atomic mass is 9.97. The number of nitrogens with two attached hydrogens (primary N) is 1. The van der Waals surface area contributed by atoms with E-state index in [0.29, 0.717) is 10.6 Å². The molecule has 0 aliphatic rings. The molecule has 0 unspecified atom stereocenters. The first-order valence-electron chi connectivity index (χ1n) is 4.50. The van der Waals surface area contributed by atoms with Crippen molar-refractivity contribution in [1.82, 2.24) is 0 Å². The molecule has 6 heteroatoms. The Kier molecular flexibility index (Phi) is 3.83. The van der Waals surface area contributed by atoms with E-state index in [0.717, 1.165) is 0 Å². The van der Waals surface area contributed by atoms with Crippen LogP contribution in [0, 0.1) is 6.92 Å². The minimum absolute atomic E-state index is 0.231. The minimum atomic E-state index is -4.73. The van der Waals surface area contributed by atoms with Gasteiger partial charge in [-0.15, -0.1) is 0 Å². The summed E-state index contributed by atoms with van der Waals surface area (Å²) in [6.07, 6.45) is -7.31. The quantitative estimate of drug-likeness (QED) is 0.851. The third kappa shape index (κ3) is 2.87. The Hall–Kier alpha value is -0.780. The molecule has 1 rings (SSSR count). The van der Waals surface area contributed by atoms with Gasteiger partial charge in [0, 0.05) is 5.02 Å². The predicted molar refractivity (Wildman–Crippen MR) is 55.2 cm³/mol. The fourth-order valence-corrected chi connectivity index (χ4v) is 1.61. The molecule has 0 spiro atoms. The average Bonchev–Trinajstić information content (AvgIpc) is 2.14. The highest BCUT2D eigenvalue weighted by Gasteiger charge is 2.42. The number of aliphatic hydroxyl groups is 1. The van der Waals surface area contributed by atoms with Crippen LogP contribution in [-0.4, -0.2) is 17.4 Å². The summed E-state index contributed by atoms with van der Waals surface area (Å²) in [5, 5.41) is 9.43. The lowest BCUT2D eigenvalue weighted by molar-refractivity contribution is -0.210. The van der Waals surface area contributed by atoms with Crippen LogP contribution in [0.25, 0.3) is 0 Å². The maximum atomic E-state index is 12.2. The van der Waals surface area contributed by atoms with E-state index in [-0.39, 0.29) is 5.56 Å². The van der Waals surface area contributed by atoms with Gasteiger partial charge in [0.2, 0.25) is 0 Å². The zero-order chi connectivity index (χ0) is 12.5. The molecule has 0 aliphatic carbocycles. The van der Waals surface area contributed by atoms with Crippen molar-refractivity contribution in [3.05, 3.63) is 34.3 Å². The lowest BCUT2D eigenvalue weighted by Crippen LogP contribution is -2.39. The number of aryl methyl sites for hydroxylation is 1. The molecule has 16 heavy (non-hydrogen) atoms. The van der Waals surface area contributed by atoms with Gasteiger partial charge in [-0.2, -0.15) is 13.2 Å². The van der Waals surface area contributed by atoms with Crippen LogP contribution in [-0.2, 0) is 0 Å². The molecule has 0 amide bonds. The molecule has 0 heterocycles. The fraction of sp³-hybridized carbons (Fsp3) is 0.400. The number of hydrogen-bond donors (Lipinski definition) is 2. The molecule has 0 bridgehead atoms. The highest BCUT2D eigenvalue weighted by atomic mass is 35.5. The lowest BCUT2D eigenvalue weighted by Gasteiger charge is -2.23. The van der Waals surface area contributed by atoms with Crippen LogP contribution in [0.2, 0.25) is 5.02 Å². The van der Waals surface area contributed by atoms with Gasteiger partial charge in [0.15, 0.2) is 6.10 Å². The van der Waals surface area contributed by atoms with Crippen LogP contribution in [0.5, 0.6) is 0 Å². The molecule has 0 aromatic heterocycles. The Labute approximate surface area is 95.8 Å². The van der Waals surface area contributed by atoms with Gasteiger partial charge in [0.25, 0.3) is 0 Å². The maximum absolute atomic E-state index is 12.2. The van der Waals surface area contributed by atoms with E-state index in [9.17, 15) is 13.2 Å². The molecule has 1 aromatic rings. The van der Waals surface area contributed by atoms with Crippen molar-refractivity contribution >= 4 is 11.6 Å². The van der Waals surface area contributed by atoms with E-state index in [1.54, 1.807) is 6.92 Å². The van der Waals surface area contributed by atoms with E-state index in [1.807, 2.05) is 0 Å². The Morgan fingerprint density at radius 1 is 1.38 bits per heavy atom. The van der Waals surface area contributed by atoms with E-state index >= 15 is 0 Å². The summed E-state index contributed by atoms with van der Waals surface area (Å²) in [7, 11) is 0. The van der Waals surface area contributed by atoms with Crippen molar-refractivity contribution in [2.75, 3.05) is 0 Å². The molecule has 1 aromatic carbocycles. The Morgan fingerprint density at radius 2 is 1.94 bits per heavy atom. The van der Waals surface area contributed by atoms with Crippen molar-refractivity contribution in [1.29, 1.82) is 0 Å². The zero-order valence-corrected chi connectivity index (χ0v) is 9.18. The SMILES string of the molecule is Cc1cc(Cl)ccc1[C@H](N)[C@H](O)C(F)(F)F. The summed E-state index contributed by atoms with van der Waals surface area (Å²) in [6, 6.07) is 2.82. The Balaban J connectivity index is 3.01. The van der Waals surface area contributed by atoms with Crippen LogP contribution in [0.1, 0.15) is 17.2 Å². The number of hydrogen-bond acceptors (Lipinski definition) is 2. The van der Waals surface area contributed by atoms with Gasteiger partial charge in [-0.05, 0) is 30.2 Å². The summed E-state index contributed by atoms with van der Waals surface area (Å²) in [5.41, 5.74) is 6.11. The molecular weight excluding hydrogens is 243 g/mol. The van der Waals surface area contributed by atoms with E-state index in [2.05, 4.69) is 0 Å². The first kappa shape index (κ1) is 13.3. The molecule has 0 radical (unpaired) electrons. The zero-order valence-electron chi connectivity index (χ0n) is 8.42. The molecule has 90 valence electrons. The highest BCUT2D eigenvalue weighted by Crippen LogP contribution is 2.30. The normalized spacial score (nSPS) is 15.9. The van der Waals surface area contributed by atoms with E-state index in [4.69, 9.17) is 22.4 Å². The standard InChI is InChI=1S/C10H11ClF3NO/c1-5-4-6(11)2-3-7(5)8(15)9(16)10(12,13)14/h2-4,8-9,16H,15H2,1H3/t8-,9-/m0/s1. The Bertz CT molecular complexity index is 381. The second-order valence-electron chi connectivity index (χ2n) is 3.51.